The van der Waals surface area contributed by atoms with E-state index in [0.717, 1.165) is 5.56 Å². The van der Waals surface area contributed by atoms with Crippen LogP contribution in [0, 0.1) is 6.92 Å². The predicted octanol–water partition coefficient (Wildman–Crippen LogP) is 2.49. The van der Waals surface area contributed by atoms with Crippen molar-refractivity contribution in [3.05, 3.63) is 53.6 Å². The number of hydrogen-bond donors (Lipinski definition) is 4. The highest BCUT2D eigenvalue weighted by Crippen LogP contribution is 2.20. The number of anilines is 3. The maximum Gasteiger partial charge on any atom is 0.250 e. The molecule has 2 aromatic rings. The molecule has 0 saturated carbocycles. The molecule has 0 aliphatic heterocycles. The van der Waals surface area contributed by atoms with Crippen LogP contribution in [-0.2, 0) is 9.59 Å². The Kier molecular flexibility index (Phi) is 6.32. The highest BCUT2D eigenvalue weighted by molar-refractivity contribution is 6.00. The molecule has 0 heterocycles. The van der Waals surface area contributed by atoms with E-state index in [1.165, 1.54) is 0 Å². The number of amides is 3. The van der Waals surface area contributed by atoms with Crippen LogP contribution in [0.15, 0.2) is 42.5 Å². The third-order valence-corrected chi connectivity index (χ3v) is 3.75. The molecule has 0 radical (unpaired) electrons. The molecule has 7 nitrogen and oxygen atoms in total. The van der Waals surface area contributed by atoms with Gasteiger partial charge in [-0.1, -0.05) is 25.1 Å². The van der Waals surface area contributed by atoms with Crippen molar-refractivity contribution in [2.24, 2.45) is 5.73 Å². The molecule has 0 saturated heterocycles. The Morgan fingerprint density at radius 2 is 1.69 bits per heavy atom. The number of carbonyl (C=O) groups excluding carboxylic acids is 3. The van der Waals surface area contributed by atoms with Crippen molar-refractivity contribution in [3.8, 4) is 0 Å². The van der Waals surface area contributed by atoms with Gasteiger partial charge in [0, 0.05) is 23.5 Å². The first-order valence-corrected chi connectivity index (χ1v) is 8.23. The average molecular weight is 354 g/mol. The molecule has 0 fully saturated rings. The molecule has 0 atom stereocenters. The average Bonchev–Trinajstić information content (AvgIpc) is 2.62. The summed E-state index contributed by atoms with van der Waals surface area (Å²) in [7, 11) is 0. The fraction of sp³-hybridized carbons (Fsp3) is 0.211. The standard InChI is InChI=1S/C19H22N4O3/c1-3-17(24)23-16-10-13(9-8-12(16)2)22-18(25)11-21-15-7-5-4-6-14(15)19(20)26/h4-10,21H,3,11H2,1-2H3,(H2,20,26)(H,22,25)(H,23,24). The van der Waals surface area contributed by atoms with Crippen LogP contribution >= 0.6 is 0 Å². The number of aryl methyl sites for hydroxylation is 1. The lowest BCUT2D eigenvalue weighted by Gasteiger charge is -2.12. The normalized spacial score (nSPS) is 10.1. The number of benzene rings is 2. The van der Waals surface area contributed by atoms with Crippen molar-refractivity contribution in [1.29, 1.82) is 0 Å². The molecular weight excluding hydrogens is 332 g/mol. The van der Waals surface area contributed by atoms with E-state index in [0.29, 0.717) is 29.0 Å². The monoisotopic (exact) mass is 354 g/mol. The molecule has 0 aliphatic carbocycles. The molecule has 0 aromatic heterocycles. The van der Waals surface area contributed by atoms with Crippen molar-refractivity contribution >= 4 is 34.8 Å². The van der Waals surface area contributed by atoms with Crippen molar-refractivity contribution in [2.45, 2.75) is 20.3 Å². The Hall–Kier alpha value is -3.35. The summed E-state index contributed by atoms with van der Waals surface area (Å²) in [6.07, 6.45) is 0.374. The Bertz CT molecular complexity index is 833. The summed E-state index contributed by atoms with van der Waals surface area (Å²) in [5.41, 5.74) is 8.25. The summed E-state index contributed by atoms with van der Waals surface area (Å²) < 4.78 is 0. The number of rotatable bonds is 7. The van der Waals surface area contributed by atoms with Crippen LogP contribution in [0.4, 0.5) is 17.1 Å². The van der Waals surface area contributed by atoms with Gasteiger partial charge in [0.2, 0.25) is 11.8 Å². The Balaban J connectivity index is 2.01. The second-order valence-corrected chi connectivity index (χ2v) is 5.74. The van der Waals surface area contributed by atoms with Gasteiger partial charge >= 0.3 is 0 Å². The lowest BCUT2D eigenvalue weighted by molar-refractivity contribution is -0.116. The van der Waals surface area contributed by atoms with Crippen LogP contribution in [0.3, 0.4) is 0 Å². The Labute approximate surface area is 152 Å². The molecular formula is C19H22N4O3. The molecule has 5 N–H and O–H groups in total. The summed E-state index contributed by atoms with van der Waals surface area (Å²) in [6, 6.07) is 12.0. The van der Waals surface area contributed by atoms with E-state index >= 15 is 0 Å². The number of carbonyl (C=O) groups is 3. The van der Waals surface area contributed by atoms with Gasteiger partial charge in [0.05, 0.1) is 12.1 Å². The summed E-state index contributed by atoms with van der Waals surface area (Å²) in [5, 5.41) is 8.44. The van der Waals surface area contributed by atoms with E-state index in [2.05, 4.69) is 16.0 Å². The first-order valence-electron chi connectivity index (χ1n) is 8.23. The first kappa shape index (κ1) is 19.0. The number of nitrogens with two attached hydrogens (primary N) is 1. The van der Waals surface area contributed by atoms with E-state index in [1.807, 2.05) is 13.0 Å². The van der Waals surface area contributed by atoms with E-state index in [1.54, 1.807) is 43.3 Å². The third-order valence-electron chi connectivity index (χ3n) is 3.75. The molecule has 3 amide bonds. The van der Waals surface area contributed by atoms with Crippen LogP contribution in [0.2, 0.25) is 0 Å². The van der Waals surface area contributed by atoms with Gasteiger partial charge in [-0.3, -0.25) is 14.4 Å². The summed E-state index contributed by atoms with van der Waals surface area (Å²) >= 11 is 0. The van der Waals surface area contributed by atoms with Crippen molar-refractivity contribution in [3.63, 3.8) is 0 Å². The van der Waals surface area contributed by atoms with Gasteiger partial charge < -0.3 is 21.7 Å². The molecule has 136 valence electrons. The van der Waals surface area contributed by atoms with Gasteiger partial charge in [0.25, 0.3) is 5.91 Å². The number of nitrogens with one attached hydrogen (secondary N) is 3. The van der Waals surface area contributed by atoms with Gasteiger partial charge in [-0.05, 0) is 36.8 Å². The fourth-order valence-electron chi connectivity index (χ4n) is 2.31. The van der Waals surface area contributed by atoms with E-state index in [-0.39, 0.29) is 18.4 Å². The number of primary amides is 1. The Morgan fingerprint density at radius 1 is 0.962 bits per heavy atom. The molecule has 0 spiro atoms. The van der Waals surface area contributed by atoms with Crippen molar-refractivity contribution in [1.82, 2.24) is 0 Å². The molecule has 7 heteroatoms. The van der Waals surface area contributed by atoms with Gasteiger partial charge in [-0.25, -0.2) is 0 Å². The minimum Gasteiger partial charge on any atom is -0.376 e. The highest BCUT2D eigenvalue weighted by atomic mass is 16.2. The topological polar surface area (TPSA) is 113 Å². The van der Waals surface area contributed by atoms with Gasteiger partial charge in [-0.15, -0.1) is 0 Å². The van der Waals surface area contributed by atoms with Crippen LogP contribution < -0.4 is 21.7 Å². The SMILES string of the molecule is CCC(=O)Nc1cc(NC(=O)CNc2ccccc2C(N)=O)ccc1C. The fourth-order valence-corrected chi connectivity index (χ4v) is 2.31. The second-order valence-electron chi connectivity index (χ2n) is 5.74. The van der Waals surface area contributed by atoms with Crippen molar-refractivity contribution < 1.29 is 14.4 Å². The first-order chi connectivity index (χ1) is 12.4. The zero-order valence-corrected chi connectivity index (χ0v) is 14.8. The van der Waals surface area contributed by atoms with E-state index in [9.17, 15) is 14.4 Å². The van der Waals surface area contributed by atoms with Gasteiger partial charge in [-0.2, -0.15) is 0 Å². The highest BCUT2D eigenvalue weighted by Gasteiger charge is 2.10. The van der Waals surface area contributed by atoms with Crippen LogP contribution in [0.5, 0.6) is 0 Å². The van der Waals surface area contributed by atoms with E-state index in [4.69, 9.17) is 5.73 Å². The van der Waals surface area contributed by atoms with Crippen molar-refractivity contribution in [2.75, 3.05) is 22.5 Å². The zero-order chi connectivity index (χ0) is 19.1. The molecule has 0 unspecified atom stereocenters. The molecule has 26 heavy (non-hydrogen) atoms. The summed E-state index contributed by atoms with van der Waals surface area (Å²) in [6.45, 7) is 3.61. The van der Waals surface area contributed by atoms with Crippen LogP contribution in [0.1, 0.15) is 29.3 Å². The summed E-state index contributed by atoms with van der Waals surface area (Å²) in [5.74, 6) is -0.953. The molecule has 0 aliphatic rings. The smallest absolute Gasteiger partial charge is 0.250 e. The summed E-state index contributed by atoms with van der Waals surface area (Å²) in [4.78, 5) is 35.1. The van der Waals surface area contributed by atoms with Gasteiger partial charge in [0.15, 0.2) is 0 Å². The minimum atomic E-state index is -0.566. The quantitative estimate of drug-likeness (QED) is 0.612. The van der Waals surface area contributed by atoms with Crippen LogP contribution in [0.25, 0.3) is 0 Å². The lowest BCUT2D eigenvalue weighted by Crippen LogP contribution is -2.23. The van der Waals surface area contributed by atoms with E-state index < -0.39 is 5.91 Å². The Morgan fingerprint density at radius 3 is 2.38 bits per heavy atom. The number of hydrogen-bond acceptors (Lipinski definition) is 4. The molecule has 0 bridgehead atoms. The largest absolute Gasteiger partial charge is 0.376 e. The second kappa shape index (κ2) is 8.66. The third kappa shape index (κ3) is 5.07. The zero-order valence-electron chi connectivity index (χ0n) is 14.8. The molecule has 2 rings (SSSR count). The van der Waals surface area contributed by atoms with Gasteiger partial charge in [0.1, 0.15) is 0 Å². The lowest BCUT2D eigenvalue weighted by atomic mass is 10.1. The van der Waals surface area contributed by atoms with Crippen LogP contribution in [-0.4, -0.2) is 24.3 Å². The predicted molar refractivity (Wildman–Crippen MR) is 102 cm³/mol. The maximum atomic E-state index is 12.2. The maximum absolute atomic E-state index is 12.2. The minimum absolute atomic E-state index is 0.0329. The molecule has 2 aromatic carbocycles. The number of para-hydroxylation sites is 1.